The van der Waals surface area contributed by atoms with Gasteiger partial charge in [0.1, 0.15) is 5.57 Å². The third kappa shape index (κ3) is 2.19. The predicted octanol–water partition coefficient (Wildman–Crippen LogP) is 1.12. The van der Waals surface area contributed by atoms with Crippen molar-refractivity contribution in [2.24, 2.45) is 0 Å². The van der Waals surface area contributed by atoms with Crippen LogP contribution < -0.4 is 0 Å². The minimum Gasteiger partial charge on any atom is -0.239 e. The predicted molar refractivity (Wildman–Crippen MR) is 35.1 cm³/mol. The van der Waals surface area contributed by atoms with Crippen molar-refractivity contribution in [3.8, 4) is 18.2 Å². The van der Waals surface area contributed by atoms with E-state index in [-0.39, 0.29) is 17.7 Å². The summed E-state index contributed by atoms with van der Waals surface area (Å²) < 4.78 is 0. The Morgan fingerprint density at radius 1 is 1.27 bits per heavy atom. The van der Waals surface area contributed by atoms with Crippen LogP contribution in [0.3, 0.4) is 0 Å². The molecule has 0 aliphatic rings. The average Bonchev–Trinajstić information content (AvgIpc) is 2.05. The van der Waals surface area contributed by atoms with Crippen LogP contribution in [-0.4, -0.2) is 0 Å². The van der Waals surface area contributed by atoms with E-state index in [4.69, 9.17) is 22.4 Å². The first kappa shape index (κ1) is 8.70. The molecule has 50 valence electrons. The van der Waals surface area contributed by atoms with Gasteiger partial charge in [0.05, 0.1) is 31.2 Å². The molecule has 0 atom stereocenters. The third-order valence-corrected chi connectivity index (χ3v) is 0.894. The van der Waals surface area contributed by atoms with Gasteiger partial charge in [-0.3, -0.25) is 0 Å². The topological polar surface area (TPSA) is 75.7 Å². The van der Waals surface area contributed by atoms with Crippen molar-refractivity contribution < 1.29 is 0 Å². The van der Waals surface area contributed by atoms with Gasteiger partial charge in [-0.1, -0.05) is 0 Å². The first-order valence-electron chi connectivity index (χ1n) is 2.58. The first-order chi connectivity index (χ1) is 5.29. The lowest BCUT2D eigenvalue weighted by Crippen LogP contribution is -1.80. The van der Waals surface area contributed by atoms with E-state index in [0.29, 0.717) is 0 Å². The van der Waals surface area contributed by atoms with Crippen LogP contribution in [0.5, 0.6) is 0 Å². The van der Waals surface area contributed by atoms with Crippen LogP contribution in [0, 0.1) is 40.6 Å². The second-order valence-corrected chi connectivity index (χ2v) is 1.49. The lowest BCUT2D eigenvalue weighted by atomic mass is 10.2. The molecule has 4 nitrogen and oxygen atoms in total. The maximum Gasteiger partial charge on any atom is 0.207 e. The van der Waals surface area contributed by atoms with Crippen molar-refractivity contribution in [3.05, 3.63) is 22.7 Å². The van der Waals surface area contributed by atoms with Crippen LogP contribution >= 0.6 is 0 Å². The van der Waals surface area contributed by atoms with Gasteiger partial charge in [-0.05, 0) is 0 Å². The summed E-state index contributed by atoms with van der Waals surface area (Å²) in [6.45, 7) is 6.51. The van der Waals surface area contributed by atoms with Gasteiger partial charge >= 0.3 is 0 Å². The molecule has 0 saturated carbocycles. The molecule has 0 aromatic rings. The minimum absolute atomic E-state index is 0.0856. The molecule has 0 spiro atoms. The van der Waals surface area contributed by atoms with Crippen LogP contribution in [0.2, 0.25) is 0 Å². The summed E-state index contributed by atoms with van der Waals surface area (Å²) in [6.07, 6.45) is -0.181. The Balaban J connectivity index is 4.94. The zero-order valence-corrected chi connectivity index (χ0v) is 5.50. The molecule has 0 aromatic carbocycles. The number of rotatable bonds is 1. The molecule has 0 aromatic heterocycles. The fraction of sp³-hybridized carbons (Fsp3) is 0.143. The van der Waals surface area contributed by atoms with Gasteiger partial charge in [0.15, 0.2) is 0 Å². The summed E-state index contributed by atoms with van der Waals surface area (Å²) in [7, 11) is 0. The quantitative estimate of drug-likeness (QED) is 0.406. The molecule has 0 radical (unpaired) electrons. The number of hydrogen-bond donors (Lipinski definition) is 0. The highest BCUT2D eigenvalue weighted by atomic mass is 14.7. The molecule has 0 unspecified atom stereocenters. The maximum absolute atomic E-state index is 8.27. The van der Waals surface area contributed by atoms with Gasteiger partial charge < -0.3 is 0 Å². The lowest BCUT2D eigenvalue weighted by Gasteiger charge is -1.84. The van der Waals surface area contributed by atoms with E-state index in [2.05, 4.69) is 4.85 Å². The number of hydrogen-bond acceptors (Lipinski definition) is 3. The fourth-order valence-corrected chi connectivity index (χ4v) is 0.413. The van der Waals surface area contributed by atoms with Crippen LogP contribution in [0.15, 0.2) is 11.3 Å². The molecule has 0 aliphatic carbocycles. The standard InChI is InChI=1S/C7H2N4/c1-11-7(2-3-8)6(4-9)5-10/h2H2. The van der Waals surface area contributed by atoms with Crippen molar-refractivity contribution in [1.29, 1.82) is 15.8 Å². The summed E-state index contributed by atoms with van der Waals surface area (Å²) in [5.41, 5.74) is -0.362. The Morgan fingerprint density at radius 3 is 2.09 bits per heavy atom. The van der Waals surface area contributed by atoms with E-state index < -0.39 is 0 Å². The summed E-state index contributed by atoms with van der Waals surface area (Å²) in [5, 5.41) is 24.7. The van der Waals surface area contributed by atoms with Crippen LogP contribution in [-0.2, 0) is 0 Å². The molecule has 0 fully saturated rings. The molecular formula is C7H2N4. The highest BCUT2D eigenvalue weighted by Crippen LogP contribution is 2.07. The molecule has 0 aliphatic heterocycles. The lowest BCUT2D eigenvalue weighted by molar-refractivity contribution is 1.25. The van der Waals surface area contributed by atoms with Gasteiger partial charge in [-0.2, -0.15) is 15.8 Å². The SMILES string of the molecule is [C-]#[N+]C(CC#N)=C(C#N)C#N. The minimum atomic E-state index is -0.276. The Hall–Kier alpha value is -2.30. The van der Waals surface area contributed by atoms with E-state index in [1.54, 1.807) is 18.2 Å². The van der Waals surface area contributed by atoms with Crippen molar-refractivity contribution in [2.75, 3.05) is 0 Å². The normalized spacial score (nSPS) is 6.18. The van der Waals surface area contributed by atoms with Crippen molar-refractivity contribution in [2.45, 2.75) is 6.42 Å². The molecule has 0 saturated heterocycles. The first-order valence-corrected chi connectivity index (χ1v) is 2.58. The summed E-state index contributed by atoms with van der Waals surface area (Å²) >= 11 is 0. The van der Waals surface area contributed by atoms with E-state index in [1.807, 2.05) is 0 Å². The number of nitrogens with zero attached hydrogens (tertiary/aromatic N) is 4. The third-order valence-electron chi connectivity index (χ3n) is 0.894. The molecule has 0 heterocycles. The molecule has 0 rings (SSSR count). The fourth-order valence-electron chi connectivity index (χ4n) is 0.413. The Kier molecular flexibility index (Phi) is 3.61. The van der Waals surface area contributed by atoms with Gasteiger partial charge in [-0.25, -0.2) is 4.85 Å². The summed E-state index contributed by atoms with van der Waals surface area (Å²) in [5.74, 6) is 0. The molecular weight excluding hydrogens is 140 g/mol. The van der Waals surface area contributed by atoms with E-state index in [1.165, 1.54) is 0 Å². The summed E-state index contributed by atoms with van der Waals surface area (Å²) in [6, 6.07) is 4.78. The van der Waals surface area contributed by atoms with Crippen molar-refractivity contribution in [3.63, 3.8) is 0 Å². The zero-order chi connectivity index (χ0) is 8.69. The van der Waals surface area contributed by atoms with E-state index in [0.717, 1.165) is 0 Å². The molecule has 0 N–H and O–H groups in total. The smallest absolute Gasteiger partial charge is 0.207 e. The van der Waals surface area contributed by atoms with Gasteiger partial charge in [0, 0.05) is 0 Å². The van der Waals surface area contributed by atoms with Crippen LogP contribution in [0.25, 0.3) is 4.85 Å². The Labute approximate surface area is 64.0 Å². The van der Waals surface area contributed by atoms with E-state index in [9.17, 15) is 0 Å². The average molecular weight is 142 g/mol. The second kappa shape index (κ2) is 4.57. The van der Waals surface area contributed by atoms with Crippen molar-refractivity contribution in [1.82, 2.24) is 0 Å². The van der Waals surface area contributed by atoms with Gasteiger partial charge in [0.2, 0.25) is 5.70 Å². The molecule has 11 heavy (non-hydrogen) atoms. The van der Waals surface area contributed by atoms with E-state index >= 15 is 0 Å². The van der Waals surface area contributed by atoms with Crippen molar-refractivity contribution >= 4 is 0 Å². The highest BCUT2D eigenvalue weighted by molar-refractivity contribution is 5.43. The van der Waals surface area contributed by atoms with Gasteiger partial charge in [-0.15, -0.1) is 0 Å². The monoisotopic (exact) mass is 142 g/mol. The highest BCUT2D eigenvalue weighted by Gasteiger charge is 2.04. The Bertz CT molecular complexity index is 321. The largest absolute Gasteiger partial charge is 0.239 e. The second-order valence-electron chi connectivity index (χ2n) is 1.49. The van der Waals surface area contributed by atoms with Crippen LogP contribution in [0.4, 0.5) is 0 Å². The van der Waals surface area contributed by atoms with Gasteiger partial charge in [0.25, 0.3) is 0 Å². The molecule has 0 amide bonds. The number of nitriles is 3. The molecule has 0 bridgehead atoms. The molecule has 4 heteroatoms. The maximum atomic E-state index is 8.27. The zero-order valence-electron chi connectivity index (χ0n) is 5.50. The van der Waals surface area contributed by atoms with Crippen LogP contribution in [0.1, 0.15) is 6.42 Å². The Morgan fingerprint density at radius 2 is 1.82 bits per heavy atom. The number of allylic oxidation sites excluding steroid dienone is 2. The summed E-state index contributed by atoms with van der Waals surface area (Å²) in [4.78, 5) is 2.88.